The van der Waals surface area contributed by atoms with Crippen molar-refractivity contribution in [3.05, 3.63) is 52.9 Å². The predicted octanol–water partition coefficient (Wildman–Crippen LogP) is 5.31. The van der Waals surface area contributed by atoms with Crippen LogP contribution in [0.2, 0.25) is 5.02 Å². The van der Waals surface area contributed by atoms with Gasteiger partial charge >= 0.3 is 0 Å². The van der Waals surface area contributed by atoms with Crippen LogP contribution in [-0.2, 0) is 10.4 Å². The largest absolute Gasteiger partial charge is 0.494 e. The van der Waals surface area contributed by atoms with Gasteiger partial charge in [-0.05, 0) is 45.2 Å². The molecule has 0 radical (unpaired) electrons. The molecule has 2 saturated heterocycles. The predicted molar refractivity (Wildman–Crippen MR) is 164 cm³/mol. The number of aliphatic hydroxyl groups is 1. The van der Waals surface area contributed by atoms with Gasteiger partial charge in [-0.3, -0.25) is 4.79 Å². The SMILES string of the molecule is COc1cc(N2C[C@@H]3CN(C)C[C@@H]32)c(NC(=O)CCCl)cc1Nc1nccc(Nc2cc(Cl)c(F)cc2C(C)(C)O)n1. The number of hydrogen-bond acceptors (Lipinski definition) is 9. The molecule has 2 aliphatic heterocycles. The first-order valence-electron chi connectivity index (χ1n) is 13.6. The minimum absolute atomic E-state index is 0.0933. The molecule has 13 heteroatoms. The molecule has 3 aromatic rings. The van der Waals surface area contributed by atoms with Crippen molar-refractivity contribution in [2.45, 2.75) is 31.9 Å². The monoisotopic (exact) mass is 617 g/mol. The van der Waals surface area contributed by atoms with E-state index >= 15 is 0 Å². The molecule has 2 aromatic carbocycles. The first-order valence-corrected chi connectivity index (χ1v) is 14.5. The number of methoxy groups -OCH3 is 1. The van der Waals surface area contributed by atoms with E-state index in [0.29, 0.717) is 46.2 Å². The van der Waals surface area contributed by atoms with Crippen LogP contribution in [0, 0.1) is 11.7 Å². The van der Waals surface area contributed by atoms with E-state index in [-0.39, 0.29) is 29.2 Å². The molecule has 2 aliphatic rings. The number of nitrogens with one attached hydrogen (secondary N) is 3. The van der Waals surface area contributed by atoms with Gasteiger partial charge in [0.15, 0.2) is 0 Å². The lowest BCUT2D eigenvalue weighted by Crippen LogP contribution is -2.56. The average molecular weight is 619 g/mol. The summed E-state index contributed by atoms with van der Waals surface area (Å²) in [5, 5.41) is 19.8. The maximum Gasteiger partial charge on any atom is 0.229 e. The Morgan fingerprint density at radius 3 is 2.64 bits per heavy atom. The smallest absolute Gasteiger partial charge is 0.229 e. The van der Waals surface area contributed by atoms with Crippen LogP contribution < -0.4 is 25.6 Å². The molecule has 0 aliphatic carbocycles. The molecule has 1 amide bonds. The number of alkyl halides is 1. The number of likely N-dealkylation sites (N-methyl/N-ethyl adjacent to an activating group) is 1. The number of fused-ring (bicyclic) bond motifs is 1. The van der Waals surface area contributed by atoms with Gasteiger partial charge in [-0.15, -0.1) is 11.6 Å². The summed E-state index contributed by atoms with van der Waals surface area (Å²) in [5.74, 6) is 1.14. The fourth-order valence-electron chi connectivity index (χ4n) is 5.50. The number of halogens is 3. The molecule has 5 rings (SSSR count). The van der Waals surface area contributed by atoms with Crippen LogP contribution >= 0.6 is 23.2 Å². The Morgan fingerprint density at radius 1 is 1.17 bits per heavy atom. The van der Waals surface area contributed by atoms with Crippen molar-refractivity contribution in [3.63, 3.8) is 0 Å². The lowest BCUT2D eigenvalue weighted by atomic mass is 9.90. The minimum atomic E-state index is -1.34. The summed E-state index contributed by atoms with van der Waals surface area (Å²) in [5.41, 5.74) is 1.42. The number of ether oxygens (including phenoxy) is 1. The van der Waals surface area contributed by atoms with Gasteiger partial charge in [0.05, 0.1) is 34.8 Å². The molecule has 4 N–H and O–H groups in total. The number of rotatable bonds is 10. The van der Waals surface area contributed by atoms with Crippen LogP contribution in [0.4, 0.5) is 38.9 Å². The summed E-state index contributed by atoms with van der Waals surface area (Å²) in [4.78, 5) is 26.1. The maximum absolute atomic E-state index is 14.2. The first kappa shape index (κ1) is 30.1. The molecule has 10 nitrogen and oxygen atoms in total. The molecule has 2 fully saturated rings. The lowest BCUT2D eigenvalue weighted by Gasteiger charge is -2.46. The summed E-state index contributed by atoms with van der Waals surface area (Å²) in [6, 6.07) is 8.31. The summed E-state index contributed by atoms with van der Waals surface area (Å²) in [7, 11) is 3.69. The van der Waals surface area contributed by atoms with Crippen molar-refractivity contribution in [3.8, 4) is 5.75 Å². The van der Waals surface area contributed by atoms with Gasteiger partial charge in [0.25, 0.3) is 0 Å². The van der Waals surface area contributed by atoms with Gasteiger partial charge in [0, 0.05) is 67.4 Å². The number of nitrogens with zero attached hydrogens (tertiary/aromatic N) is 4. The standard InChI is InChI=1S/C29H34Cl2FN7O3/c1-29(2,41)17-9-19(32)18(31)10-20(17)34-26-6-8-33-28(37-26)36-22-11-21(35-27(40)5-7-30)23(12-25(22)42-4)39-14-16-13-38(3)15-24(16)39/h6,8-12,16,24,41H,5,7,13-15H2,1-4H3,(H,35,40)(H2,33,34,36,37)/t16-,24-/m0/s1. The highest BCUT2D eigenvalue weighted by Crippen LogP contribution is 2.44. The van der Waals surface area contributed by atoms with Crippen LogP contribution in [0.3, 0.4) is 0 Å². The Hall–Kier alpha value is -3.38. The molecule has 224 valence electrons. The van der Waals surface area contributed by atoms with Gasteiger partial charge < -0.3 is 35.6 Å². The number of anilines is 6. The highest BCUT2D eigenvalue weighted by atomic mass is 35.5. The lowest BCUT2D eigenvalue weighted by molar-refractivity contribution is -0.115. The number of hydrogen-bond donors (Lipinski definition) is 4. The highest BCUT2D eigenvalue weighted by Gasteiger charge is 2.45. The normalized spacial score (nSPS) is 18.3. The molecular formula is C29H34Cl2FN7O3. The topological polar surface area (TPSA) is 115 Å². The number of carbonyl (C=O) groups is 1. The minimum Gasteiger partial charge on any atom is -0.494 e. The maximum atomic E-state index is 14.2. The van der Waals surface area contributed by atoms with E-state index in [1.807, 2.05) is 12.1 Å². The molecule has 2 atom stereocenters. The van der Waals surface area contributed by atoms with Crippen LogP contribution in [0.15, 0.2) is 36.5 Å². The van der Waals surface area contributed by atoms with E-state index < -0.39 is 11.4 Å². The van der Waals surface area contributed by atoms with Gasteiger partial charge in [0.2, 0.25) is 11.9 Å². The van der Waals surface area contributed by atoms with E-state index in [0.717, 1.165) is 25.3 Å². The van der Waals surface area contributed by atoms with Crippen molar-refractivity contribution in [1.29, 1.82) is 0 Å². The molecule has 3 heterocycles. The van der Waals surface area contributed by atoms with E-state index in [4.69, 9.17) is 27.9 Å². The van der Waals surface area contributed by atoms with Crippen LogP contribution in [0.5, 0.6) is 5.75 Å². The summed E-state index contributed by atoms with van der Waals surface area (Å²) in [6.07, 6.45) is 1.73. The van der Waals surface area contributed by atoms with Gasteiger partial charge in [-0.1, -0.05) is 11.6 Å². The first-order chi connectivity index (χ1) is 20.0. The van der Waals surface area contributed by atoms with Gasteiger partial charge in [0.1, 0.15) is 17.4 Å². The Bertz CT molecular complexity index is 1490. The zero-order valence-electron chi connectivity index (χ0n) is 23.8. The molecule has 0 saturated carbocycles. The number of benzene rings is 2. The van der Waals surface area contributed by atoms with Crippen LogP contribution in [0.1, 0.15) is 25.8 Å². The second-order valence-electron chi connectivity index (χ2n) is 11.1. The van der Waals surface area contributed by atoms with Crippen molar-refractivity contribution >= 4 is 63.6 Å². The van der Waals surface area contributed by atoms with Crippen molar-refractivity contribution in [2.75, 3.05) is 60.5 Å². The Morgan fingerprint density at radius 2 is 1.95 bits per heavy atom. The number of likely N-dealkylation sites (tertiary alicyclic amines) is 1. The van der Waals surface area contributed by atoms with E-state index in [2.05, 4.69) is 42.8 Å². The van der Waals surface area contributed by atoms with Crippen LogP contribution in [0.25, 0.3) is 0 Å². The number of carbonyl (C=O) groups excluding carboxylic acids is 1. The Kier molecular flexibility index (Phi) is 8.66. The molecule has 0 unspecified atom stereocenters. The van der Waals surface area contributed by atoms with Crippen molar-refractivity contribution in [2.24, 2.45) is 5.92 Å². The van der Waals surface area contributed by atoms with Gasteiger partial charge in [-0.2, -0.15) is 4.98 Å². The number of amides is 1. The van der Waals surface area contributed by atoms with Crippen molar-refractivity contribution < 1.29 is 19.0 Å². The summed E-state index contributed by atoms with van der Waals surface area (Å²) < 4.78 is 19.9. The average Bonchev–Trinajstić information content (AvgIpc) is 3.20. The van der Waals surface area contributed by atoms with Crippen LogP contribution in [-0.4, -0.2) is 71.6 Å². The Labute approximate surface area is 254 Å². The molecule has 0 bridgehead atoms. The van der Waals surface area contributed by atoms with E-state index in [1.54, 1.807) is 33.2 Å². The molecule has 1 aromatic heterocycles. The third-order valence-corrected chi connectivity index (χ3v) is 8.01. The second kappa shape index (κ2) is 12.1. The molecular weight excluding hydrogens is 584 g/mol. The number of aromatic nitrogens is 2. The summed E-state index contributed by atoms with van der Waals surface area (Å²) >= 11 is 11.9. The van der Waals surface area contributed by atoms with E-state index in [9.17, 15) is 14.3 Å². The zero-order valence-corrected chi connectivity index (χ0v) is 25.4. The molecule has 0 spiro atoms. The van der Waals surface area contributed by atoms with E-state index in [1.165, 1.54) is 12.1 Å². The Balaban J connectivity index is 1.45. The third kappa shape index (κ3) is 6.34. The molecule has 42 heavy (non-hydrogen) atoms. The fraction of sp³-hybridized carbons (Fsp3) is 0.414. The van der Waals surface area contributed by atoms with Gasteiger partial charge in [-0.25, -0.2) is 9.37 Å². The highest BCUT2D eigenvalue weighted by molar-refractivity contribution is 6.31. The third-order valence-electron chi connectivity index (χ3n) is 7.53. The fourth-order valence-corrected chi connectivity index (χ4v) is 5.84. The quantitative estimate of drug-likeness (QED) is 0.225. The summed E-state index contributed by atoms with van der Waals surface area (Å²) in [6.45, 7) is 6.00. The van der Waals surface area contributed by atoms with Crippen molar-refractivity contribution in [1.82, 2.24) is 14.9 Å². The zero-order chi connectivity index (χ0) is 30.2. The second-order valence-corrected chi connectivity index (χ2v) is 11.9.